The molecule has 4 aromatic rings. The van der Waals surface area contributed by atoms with Crippen molar-refractivity contribution in [2.75, 3.05) is 11.9 Å². The SMILES string of the molecule is Cc1ccc(-n2cccc2[C@H]2[C@@H](c3ccccn3)NC(=S)N2CCC(=O)Nc2cccc(C)c2)nc1. The fraction of sp³-hybridized carbons (Fsp3) is 0.214. The number of nitrogens with one attached hydrogen (secondary N) is 2. The molecule has 1 amide bonds. The molecule has 3 aromatic heterocycles. The lowest BCUT2D eigenvalue weighted by Crippen LogP contribution is -2.33. The normalized spacial score (nSPS) is 17.2. The van der Waals surface area contributed by atoms with E-state index in [0.717, 1.165) is 34.0 Å². The van der Waals surface area contributed by atoms with E-state index in [-0.39, 0.29) is 18.0 Å². The van der Waals surface area contributed by atoms with Gasteiger partial charge in [-0.1, -0.05) is 24.3 Å². The summed E-state index contributed by atoms with van der Waals surface area (Å²) in [5.41, 5.74) is 4.91. The molecule has 5 rings (SSSR count). The van der Waals surface area contributed by atoms with Crippen LogP contribution >= 0.6 is 12.2 Å². The summed E-state index contributed by atoms with van der Waals surface area (Å²) >= 11 is 5.77. The van der Waals surface area contributed by atoms with Crippen LogP contribution in [0.1, 0.15) is 41.0 Å². The fourth-order valence-corrected chi connectivity index (χ4v) is 4.91. The van der Waals surface area contributed by atoms with Crippen LogP contribution in [0.3, 0.4) is 0 Å². The maximum Gasteiger partial charge on any atom is 0.226 e. The Hall–Kier alpha value is -4.04. The topological polar surface area (TPSA) is 75.1 Å². The maximum atomic E-state index is 12.8. The predicted octanol–water partition coefficient (Wildman–Crippen LogP) is 4.89. The minimum atomic E-state index is -0.169. The lowest BCUT2D eigenvalue weighted by molar-refractivity contribution is -0.116. The Morgan fingerprint density at radius 2 is 1.92 bits per heavy atom. The first-order valence-corrected chi connectivity index (χ1v) is 12.4. The Labute approximate surface area is 216 Å². The van der Waals surface area contributed by atoms with Crippen LogP contribution in [-0.4, -0.2) is 37.0 Å². The van der Waals surface area contributed by atoms with Crippen molar-refractivity contribution < 1.29 is 4.79 Å². The molecular weight excluding hydrogens is 468 g/mol. The van der Waals surface area contributed by atoms with Gasteiger partial charge in [0.25, 0.3) is 0 Å². The molecule has 36 heavy (non-hydrogen) atoms. The molecule has 0 radical (unpaired) electrons. The third-order valence-corrected chi connectivity index (χ3v) is 6.66. The highest BCUT2D eigenvalue weighted by Crippen LogP contribution is 2.39. The van der Waals surface area contributed by atoms with E-state index >= 15 is 0 Å². The number of pyridine rings is 2. The number of aromatic nitrogens is 3. The van der Waals surface area contributed by atoms with Gasteiger partial charge in [0, 0.05) is 42.9 Å². The number of hydrogen-bond donors (Lipinski definition) is 2. The van der Waals surface area contributed by atoms with Crippen molar-refractivity contribution in [3.8, 4) is 5.82 Å². The Morgan fingerprint density at radius 1 is 1.03 bits per heavy atom. The van der Waals surface area contributed by atoms with Crippen molar-refractivity contribution >= 4 is 28.9 Å². The van der Waals surface area contributed by atoms with E-state index in [2.05, 4.69) is 36.1 Å². The number of aryl methyl sites for hydroxylation is 2. The van der Waals surface area contributed by atoms with Crippen LogP contribution in [0, 0.1) is 13.8 Å². The van der Waals surface area contributed by atoms with Gasteiger partial charge in [0.05, 0.1) is 17.8 Å². The summed E-state index contributed by atoms with van der Waals surface area (Å²) in [6.07, 6.45) is 5.95. The first-order valence-electron chi connectivity index (χ1n) is 11.9. The van der Waals surface area contributed by atoms with Gasteiger partial charge in [-0.15, -0.1) is 0 Å². The highest BCUT2D eigenvalue weighted by atomic mass is 32.1. The van der Waals surface area contributed by atoms with Crippen molar-refractivity contribution in [3.05, 3.63) is 108 Å². The summed E-state index contributed by atoms with van der Waals surface area (Å²) < 4.78 is 2.08. The number of thiocarbonyl (C=S) groups is 1. The molecule has 1 aromatic carbocycles. The van der Waals surface area contributed by atoms with Crippen LogP contribution in [0.5, 0.6) is 0 Å². The molecule has 1 aliphatic rings. The number of nitrogens with zero attached hydrogens (tertiary/aromatic N) is 4. The van der Waals surface area contributed by atoms with Gasteiger partial charge < -0.3 is 20.1 Å². The molecule has 0 spiro atoms. The smallest absolute Gasteiger partial charge is 0.226 e. The minimum absolute atomic E-state index is 0.0565. The second-order valence-corrected chi connectivity index (χ2v) is 9.37. The molecular formula is C28H28N6OS. The van der Waals surface area contributed by atoms with E-state index in [1.54, 1.807) is 6.20 Å². The molecule has 0 aliphatic carbocycles. The first-order chi connectivity index (χ1) is 17.5. The zero-order valence-corrected chi connectivity index (χ0v) is 21.1. The van der Waals surface area contributed by atoms with Gasteiger partial charge in [-0.25, -0.2) is 4.98 Å². The van der Waals surface area contributed by atoms with Crippen LogP contribution in [0.25, 0.3) is 5.82 Å². The number of carbonyl (C=O) groups is 1. The summed E-state index contributed by atoms with van der Waals surface area (Å²) in [5, 5.41) is 7.06. The van der Waals surface area contributed by atoms with E-state index in [4.69, 9.17) is 12.2 Å². The van der Waals surface area contributed by atoms with Crippen LogP contribution in [0.15, 0.2) is 85.3 Å². The van der Waals surface area contributed by atoms with Gasteiger partial charge in [-0.05, 0) is 79.7 Å². The van der Waals surface area contributed by atoms with Crippen LogP contribution in [0.4, 0.5) is 5.69 Å². The molecule has 0 bridgehead atoms. The fourth-order valence-electron chi connectivity index (χ4n) is 4.58. The lowest BCUT2D eigenvalue weighted by atomic mass is 10.0. The highest BCUT2D eigenvalue weighted by Gasteiger charge is 2.41. The molecule has 1 saturated heterocycles. The average Bonchev–Trinajstić information content (AvgIpc) is 3.48. The molecule has 0 unspecified atom stereocenters. The second-order valence-electron chi connectivity index (χ2n) is 8.98. The maximum absolute atomic E-state index is 12.8. The molecule has 8 heteroatoms. The largest absolute Gasteiger partial charge is 0.352 e. The molecule has 2 N–H and O–H groups in total. The summed E-state index contributed by atoms with van der Waals surface area (Å²) in [4.78, 5) is 24.2. The third kappa shape index (κ3) is 4.99. The van der Waals surface area contributed by atoms with Crippen LogP contribution < -0.4 is 10.6 Å². The summed E-state index contributed by atoms with van der Waals surface area (Å²) in [5.74, 6) is 0.773. The van der Waals surface area contributed by atoms with Crippen molar-refractivity contribution in [3.63, 3.8) is 0 Å². The number of anilines is 1. The van der Waals surface area contributed by atoms with Gasteiger partial charge in [0.2, 0.25) is 5.91 Å². The van der Waals surface area contributed by atoms with Gasteiger partial charge in [-0.3, -0.25) is 9.78 Å². The van der Waals surface area contributed by atoms with Crippen molar-refractivity contribution in [2.24, 2.45) is 0 Å². The Kier molecular flexibility index (Phi) is 6.77. The van der Waals surface area contributed by atoms with E-state index in [0.29, 0.717) is 18.1 Å². The standard InChI is InChI=1S/C28H28N6OS/c1-19-7-5-8-21(17-19)31-25(35)13-16-34-27(26(32-28(34)36)22-9-3-4-14-29-22)23-10-6-15-33(23)24-12-11-20(2)18-30-24/h3-12,14-15,17-18,26-27H,13,16H2,1-2H3,(H,31,35)(H,32,36)/t26-,27+/m1/s1. The van der Waals surface area contributed by atoms with E-state index in [1.807, 2.05) is 86.9 Å². The summed E-state index contributed by atoms with van der Waals surface area (Å²) in [7, 11) is 0. The molecule has 0 saturated carbocycles. The molecule has 7 nitrogen and oxygen atoms in total. The number of carbonyl (C=O) groups excluding carboxylic acids is 1. The monoisotopic (exact) mass is 496 g/mol. The van der Waals surface area contributed by atoms with E-state index < -0.39 is 0 Å². The van der Waals surface area contributed by atoms with E-state index in [1.165, 1.54) is 0 Å². The van der Waals surface area contributed by atoms with Crippen LogP contribution in [-0.2, 0) is 4.79 Å². The van der Waals surface area contributed by atoms with Gasteiger partial charge in [-0.2, -0.15) is 0 Å². The Morgan fingerprint density at radius 3 is 2.67 bits per heavy atom. The number of amides is 1. The van der Waals surface area contributed by atoms with Crippen molar-refractivity contribution in [1.29, 1.82) is 0 Å². The predicted molar refractivity (Wildman–Crippen MR) is 145 cm³/mol. The number of rotatable bonds is 7. The first kappa shape index (κ1) is 23.7. The lowest BCUT2D eigenvalue weighted by Gasteiger charge is -2.28. The Balaban J connectivity index is 1.44. The molecule has 1 aliphatic heterocycles. The molecule has 1 fully saturated rings. The average molecular weight is 497 g/mol. The number of hydrogen-bond acceptors (Lipinski definition) is 4. The second kappa shape index (κ2) is 10.3. The zero-order chi connectivity index (χ0) is 25.1. The van der Waals surface area contributed by atoms with Crippen LogP contribution in [0.2, 0.25) is 0 Å². The summed E-state index contributed by atoms with van der Waals surface area (Å²) in [6, 6.07) is 21.5. The summed E-state index contributed by atoms with van der Waals surface area (Å²) in [6.45, 7) is 4.49. The van der Waals surface area contributed by atoms with Gasteiger partial charge in [0.1, 0.15) is 5.82 Å². The van der Waals surface area contributed by atoms with Crippen molar-refractivity contribution in [2.45, 2.75) is 32.4 Å². The quantitative estimate of drug-likeness (QED) is 0.355. The van der Waals surface area contributed by atoms with E-state index in [9.17, 15) is 4.79 Å². The number of benzene rings is 1. The highest BCUT2D eigenvalue weighted by molar-refractivity contribution is 7.80. The van der Waals surface area contributed by atoms with Crippen molar-refractivity contribution in [1.82, 2.24) is 24.8 Å². The van der Waals surface area contributed by atoms with Gasteiger partial charge in [0.15, 0.2) is 5.11 Å². The molecule has 4 heterocycles. The third-order valence-electron chi connectivity index (χ3n) is 6.31. The Bertz CT molecular complexity index is 1370. The molecule has 182 valence electrons. The minimum Gasteiger partial charge on any atom is -0.352 e. The zero-order valence-electron chi connectivity index (χ0n) is 20.3. The molecule has 2 atom stereocenters. The van der Waals surface area contributed by atoms with Gasteiger partial charge >= 0.3 is 0 Å².